The minimum atomic E-state index is -3.61. The summed E-state index contributed by atoms with van der Waals surface area (Å²) in [5, 5.41) is 3.92. The average Bonchev–Trinajstić information content (AvgIpc) is 3.05. The smallest absolute Gasteiger partial charge is 0.409 e. The van der Waals surface area contributed by atoms with E-state index in [-0.39, 0.29) is 24.8 Å². The third kappa shape index (κ3) is 4.14. The number of carbonyl (C=O) groups is 1. The summed E-state index contributed by atoms with van der Waals surface area (Å²) in [5.74, 6) is 0. The topological polar surface area (TPSA) is 82.2 Å². The van der Waals surface area contributed by atoms with E-state index in [0.29, 0.717) is 35.5 Å². The van der Waals surface area contributed by atoms with E-state index in [2.05, 4.69) is 10.2 Å². The zero-order chi connectivity index (χ0) is 22.3. The molecule has 1 amide bonds. The molecular formula is C22H31ClN4O4S. The third-order valence-corrected chi connectivity index (χ3v) is 9.63. The van der Waals surface area contributed by atoms with Crippen molar-refractivity contribution < 1.29 is 17.9 Å². The molecule has 1 aromatic carbocycles. The number of halogens is 1. The number of fused-ring (bicyclic) bond motifs is 3. The van der Waals surface area contributed by atoms with Gasteiger partial charge >= 0.3 is 6.09 Å². The number of benzene rings is 1. The lowest BCUT2D eigenvalue weighted by atomic mass is 9.94. The predicted octanol–water partition coefficient (Wildman–Crippen LogP) is 2.44. The van der Waals surface area contributed by atoms with Crippen LogP contribution in [0.25, 0.3) is 0 Å². The zero-order valence-corrected chi connectivity index (χ0v) is 19.8. The minimum Gasteiger partial charge on any atom is -0.448 e. The van der Waals surface area contributed by atoms with Crippen LogP contribution < -0.4 is 5.32 Å². The predicted molar refractivity (Wildman–Crippen MR) is 121 cm³/mol. The Bertz CT molecular complexity index is 961. The summed E-state index contributed by atoms with van der Waals surface area (Å²) >= 11 is 6.14. The van der Waals surface area contributed by atoms with Gasteiger partial charge in [0.1, 0.15) is 6.61 Å². The first-order valence-corrected chi connectivity index (χ1v) is 13.5. The van der Waals surface area contributed by atoms with Crippen molar-refractivity contribution in [3.8, 4) is 0 Å². The fraction of sp³-hybridized carbons (Fsp3) is 0.682. The molecule has 0 bridgehead atoms. The van der Waals surface area contributed by atoms with Crippen molar-refractivity contribution in [2.75, 3.05) is 45.9 Å². The van der Waals surface area contributed by atoms with E-state index < -0.39 is 10.0 Å². The number of rotatable bonds is 3. The second-order valence-corrected chi connectivity index (χ2v) is 11.4. The normalized spacial score (nSPS) is 28.8. The van der Waals surface area contributed by atoms with Gasteiger partial charge in [0.25, 0.3) is 0 Å². The van der Waals surface area contributed by atoms with Crippen LogP contribution in [0.5, 0.6) is 0 Å². The standard InChI is InChI=1S/C22H31ClN4O4S/c23-16-4-5-21-19(14-16)20-3-1-2-18(27(20)32(21,29)30)15-31-22(28)26-10-6-17(7-11-26)25-12-8-24-9-13-25/h4-5,14,17-18,20,24H,1-3,6-13,15H2/t18-,20+/m1/s1. The Morgan fingerprint density at radius 1 is 1.09 bits per heavy atom. The number of amides is 1. The molecule has 1 N–H and O–H groups in total. The lowest BCUT2D eigenvalue weighted by molar-refractivity contribution is 0.0472. The second-order valence-electron chi connectivity index (χ2n) is 9.20. The second kappa shape index (κ2) is 9.10. The molecular weight excluding hydrogens is 452 g/mol. The van der Waals surface area contributed by atoms with Crippen molar-refractivity contribution in [1.82, 2.24) is 19.4 Å². The van der Waals surface area contributed by atoms with E-state index in [1.54, 1.807) is 27.4 Å². The van der Waals surface area contributed by atoms with Crippen LogP contribution in [0.2, 0.25) is 5.02 Å². The summed E-state index contributed by atoms with van der Waals surface area (Å²) in [6.07, 6.45) is 3.92. The summed E-state index contributed by atoms with van der Waals surface area (Å²) in [6, 6.07) is 4.94. The molecule has 0 spiro atoms. The van der Waals surface area contributed by atoms with Crippen LogP contribution in [0, 0.1) is 0 Å². The van der Waals surface area contributed by atoms with Gasteiger partial charge in [-0.05, 0) is 55.9 Å². The van der Waals surface area contributed by atoms with Crippen molar-refractivity contribution in [2.45, 2.75) is 55.1 Å². The van der Waals surface area contributed by atoms with Crippen LogP contribution in [0.1, 0.15) is 43.7 Å². The van der Waals surface area contributed by atoms with E-state index in [1.165, 1.54) is 0 Å². The van der Waals surface area contributed by atoms with E-state index in [1.807, 2.05) is 0 Å². The van der Waals surface area contributed by atoms with Gasteiger partial charge in [-0.1, -0.05) is 11.6 Å². The van der Waals surface area contributed by atoms with Crippen molar-refractivity contribution in [3.63, 3.8) is 0 Å². The highest BCUT2D eigenvalue weighted by atomic mass is 35.5. The highest BCUT2D eigenvalue weighted by molar-refractivity contribution is 7.89. The van der Waals surface area contributed by atoms with Gasteiger partial charge in [-0.25, -0.2) is 13.2 Å². The number of ether oxygens (including phenoxy) is 1. The Morgan fingerprint density at radius 3 is 2.59 bits per heavy atom. The molecule has 2 atom stereocenters. The first-order chi connectivity index (χ1) is 15.4. The van der Waals surface area contributed by atoms with Crippen LogP contribution in [0.15, 0.2) is 23.1 Å². The van der Waals surface area contributed by atoms with Gasteiger partial charge in [-0.3, -0.25) is 4.90 Å². The number of piperidine rings is 2. The van der Waals surface area contributed by atoms with Crippen LogP contribution in [0.4, 0.5) is 4.79 Å². The van der Waals surface area contributed by atoms with Gasteiger partial charge in [0.15, 0.2) is 0 Å². The molecule has 0 unspecified atom stereocenters. The Morgan fingerprint density at radius 2 is 1.84 bits per heavy atom. The lowest BCUT2D eigenvalue weighted by Gasteiger charge is -2.40. The minimum absolute atomic E-state index is 0.0913. The molecule has 32 heavy (non-hydrogen) atoms. The summed E-state index contributed by atoms with van der Waals surface area (Å²) in [5.41, 5.74) is 0.767. The van der Waals surface area contributed by atoms with Crippen molar-refractivity contribution >= 4 is 27.7 Å². The van der Waals surface area contributed by atoms with Crippen molar-refractivity contribution in [1.29, 1.82) is 0 Å². The molecule has 4 heterocycles. The van der Waals surface area contributed by atoms with Crippen molar-refractivity contribution in [2.24, 2.45) is 0 Å². The average molecular weight is 483 g/mol. The van der Waals surface area contributed by atoms with Crippen LogP contribution in [-0.4, -0.2) is 86.6 Å². The number of likely N-dealkylation sites (tertiary alicyclic amines) is 1. The number of nitrogens with zero attached hydrogens (tertiary/aromatic N) is 3. The van der Waals surface area contributed by atoms with Gasteiger partial charge in [-0.2, -0.15) is 4.31 Å². The Kier molecular flexibility index (Phi) is 6.37. The third-order valence-electron chi connectivity index (χ3n) is 7.36. The molecule has 3 saturated heterocycles. The fourth-order valence-corrected chi connectivity index (χ4v) is 7.97. The number of hydrogen-bond donors (Lipinski definition) is 1. The Labute approximate surface area is 194 Å². The highest BCUT2D eigenvalue weighted by Crippen LogP contribution is 2.47. The largest absolute Gasteiger partial charge is 0.448 e. The van der Waals surface area contributed by atoms with Crippen LogP contribution in [-0.2, 0) is 14.8 Å². The molecule has 4 aliphatic rings. The monoisotopic (exact) mass is 482 g/mol. The molecule has 3 fully saturated rings. The Hall–Kier alpha value is -1.39. The molecule has 5 rings (SSSR count). The van der Waals surface area contributed by atoms with E-state index in [9.17, 15) is 13.2 Å². The number of sulfonamides is 1. The maximum atomic E-state index is 13.2. The molecule has 176 valence electrons. The van der Waals surface area contributed by atoms with E-state index in [4.69, 9.17) is 16.3 Å². The summed E-state index contributed by atoms with van der Waals surface area (Å²) in [7, 11) is -3.61. The maximum Gasteiger partial charge on any atom is 0.409 e. The molecule has 0 aliphatic carbocycles. The van der Waals surface area contributed by atoms with E-state index >= 15 is 0 Å². The van der Waals surface area contributed by atoms with Crippen LogP contribution >= 0.6 is 11.6 Å². The molecule has 0 radical (unpaired) electrons. The van der Waals surface area contributed by atoms with Crippen LogP contribution in [0.3, 0.4) is 0 Å². The molecule has 10 heteroatoms. The first-order valence-electron chi connectivity index (χ1n) is 11.6. The highest BCUT2D eigenvalue weighted by Gasteiger charge is 2.48. The van der Waals surface area contributed by atoms with E-state index in [0.717, 1.165) is 57.4 Å². The summed E-state index contributed by atoms with van der Waals surface area (Å²) in [4.78, 5) is 17.4. The van der Waals surface area contributed by atoms with Crippen molar-refractivity contribution in [3.05, 3.63) is 28.8 Å². The number of piperazine rings is 1. The number of carbonyl (C=O) groups excluding carboxylic acids is 1. The number of nitrogens with one attached hydrogen (secondary N) is 1. The molecule has 1 aromatic rings. The Balaban J connectivity index is 1.19. The fourth-order valence-electron chi connectivity index (χ4n) is 5.72. The molecule has 0 saturated carbocycles. The zero-order valence-electron chi connectivity index (χ0n) is 18.2. The van der Waals surface area contributed by atoms with Gasteiger partial charge in [0.05, 0.1) is 17.0 Å². The van der Waals surface area contributed by atoms with Gasteiger partial charge in [-0.15, -0.1) is 0 Å². The van der Waals surface area contributed by atoms with Gasteiger partial charge in [0.2, 0.25) is 10.0 Å². The quantitative estimate of drug-likeness (QED) is 0.712. The first kappa shape index (κ1) is 22.4. The maximum absolute atomic E-state index is 13.2. The summed E-state index contributed by atoms with van der Waals surface area (Å²) < 4.78 is 33.6. The molecule has 8 nitrogen and oxygen atoms in total. The molecule has 0 aromatic heterocycles. The lowest BCUT2D eigenvalue weighted by Crippen LogP contribution is -2.53. The number of hydrogen-bond acceptors (Lipinski definition) is 6. The SMILES string of the molecule is O=C(OC[C@H]1CCC[C@H]2c3cc(Cl)ccc3S(=O)(=O)N12)N1CCC(N2CCNCC2)CC1. The summed E-state index contributed by atoms with van der Waals surface area (Å²) in [6.45, 7) is 5.65. The van der Waals surface area contributed by atoms with Gasteiger partial charge in [0, 0.05) is 50.3 Å². The van der Waals surface area contributed by atoms with Gasteiger partial charge < -0.3 is 15.0 Å². The molecule has 4 aliphatic heterocycles.